The Morgan fingerprint density at radius 2 is 1.90 bits per heavy atom. The van der Waals surface area contributed by atoms with Gasteiger partial charge in [0.15, 0.2) is 5.71 Å². The van der Waals surface area contributed by atoms with Gasteiger partial charge >= 0.3 is 6.18 Å². The molecular formula is C20H20F3N3O3. The van der Waals surface area contributed by atoms with Crippen LogP contribution in [0.5, 0.6) is 0 Å². The maximum atomic E-state index is 12.9. The van der Waals surface area contributed by atoms with E-state index in [1.165, 1.54) is 32.5 Å². The molecule has 0 aromatic heterocycles. The number of benzene rings is 2. The Balaban J connectivity index is 2.21. The highest BCUT2D eigenvalue weighted by molar-refractivity contribution is 6.46. The zero-order chi connectivity index (χ0) is 21.4. The third kappa shape index (κ3) is 5.81. The fourth-order valence-corrected chi connectivity index (χ4v) is 2.46. The molecule has 0 aliphatic rings. The molecule has 0 spiro atoms. The van der Waals surface area contributed by atoms with Gasteiger partial charge < -0.3 is 15.0 Å². The number of likely N-dealkylation sites (N-methyl/N-ethyl adjacent to an activating group) is 1. The van der Waals surface area contributed by atoms with Gasteiger partial charge in [0.25, 0.3) is 5.91 Å². The number of carbonyl (C=O) groups is 1. The molecule has 1 unspecified atom stereocenters. The van der Waals surface area contributed by atoms with Gasteiger partial charge in [-0.05, 0) is 24.6 Å². The highest BCUT2D eigenvalue weighted by Gasteiger charge is 2.30. The van der Waals surface area contributed by atoms with Crippen molar-refractivity contribution in [2.75, 3.05) is 14.2 Å². The molecule has 0 saturated heterocycles. The monoisotopic (exact) mass is 407 g/mol. The molecule has 2 aromatic rings. The molecule has 9 heteroatoms. The first-order valence-electron chi connectivity index (χ1n) is 8.57. The van der Waals surface area contributed by atoms with Gasteiger partial charge in [-0.3, -0.25) is 4.79 Å². The molecule has 154 valence electrons. The second-order valence-corrected chi connectivity index (χ2v) is 5.89. The van der Waals surface area contributed by atoms with Crippen LogP contribution in [0.1, 0.15) is 35.3 Å². The van der Waals surface area contributed by atoms with Crippen molar-refractivity contribution in [1.82, 2.24) is 5.32 Å². The van der Waals surface area contributed by atoms with E-state index >= 15 is 0 Å². The van der Waals surface area contributed by atoms with E-state index in [-0.39, 0.29) is 5.71 Å². The summed E-state index contributed by atoms with van der Waals surface area (Å²) < 4.78 is 38.6. The first-order valence-corrected chi connectivity index (χ1v) is 8.57. The summed E-state index contributed by atoms with van der Waals surface area (Å²) in [5.41, 5.74) is 0.585. The zero-order valence-electron chi connectivity index (χ0n) is 16.0. The van der Waals surface area contributed by atoms with Crippen LogP contribution < -0.4 is 5.32 Å². The molecule has 0 bridgehead atoms. The minimum atomic E-state index is -4.44. The number of amides is 1. The van der Waals surface area contributed by atoms with E-state index in [1.807, 2.05) is 0 Å². The van der Waals surface area contributed by atoms with Crippen molar-refractivity contribution >= 4 is 17.8 Å². The minimum Gasteiger partial charge on any atom is -0.398 e. The summed E-state index contributed by atoms with van der Waals surface area (Å²) in [7, 11) is 2.78. The largest absolute Gasteiger partial charge is 0.416 e. The van der Waals surface area contributed by atoms with Gasteiger partial charge in [-0.2, -0.15) is 13.2 Å². The first-order chi connectivity index (χ1) is 13.8. The topological polar surface area (TPSA) is 72.3 Å². The van der Waals surface area contributed by atoms with Crippen LogP contribution in [0.2, 0.25) is 0 Å². The summed E-state index contributed by atoms with van der Waals surface area (Å²) in [5.74, 6) is -0.453. The predicted molar refractivity (Wildman–Crippen MR) is 103 cm³/mol. The summed E-state index contributed by atoms with van der Waals surface area (Å²) in [6.45, 7) is 1.58. The number of oxime groups is 2. The van der Waals surface area contributed by atoms with E-state index < -0.39 is 23.8 Å². The predicted octanol–water partition coefficient (Wildman–Crippen LogP) is 3.91. The molecule has 0 heterocycles. The van der Waals surface area contributed by atoms with E-state index in [4.69, 9.17) is 9.68 Å². The lowest BCUT2D eigenvalue weighted by Crippen LogP contribution is -2.29. The first kappa shape index (κ1) is 21.9. The number of hydrogen-bond acceptors (Lipinski definition) is 5. The molecule has 0 radical (unpaired) electrons. The molecule has 6 nitrogen and oxygen atoms in total. The van der Waals surface area contributed by atoms with Crippen LogP contribution in [0.15, 0.2) is 58.8 Å². The fraction of sp³-hybridized carbons (Fsp3) is 0.250. The highest BCUT2D eigenvalue weighted by Crippen LogP contribution is 2.31. The molecule has 1 atom stereocenters. The minimum absolute atomic E-state index is 0.0444. The van der Waals surface area contributed by atoms with Gasteiger partial charge in [0.05, 0.1) is 11.8 Å². The summed E-state index contributed by atoms with van der Waals surface area (Å²) in [6, 6.07) is 11.6. The molecule has 0 fully saturated rings. The molecule has 1 amide bonds. The Morgan fingerprint density at radius 3 is 2.55 bits per heavy atom. The number of halogens is 3. The number of nitrogens with zero attached hydrogens (tertiary/aromatic N) is 2. The SMILES string of the molecule is CNC(=O)/C(=N\OC)c1ccccc1/C=N/OC(C)c1cccc(C(F)(F)F)c1. The lowest BCUT2D eigenvalue weighted by Gasteiger charge is -2.13. The number of carbonyl (C=O) groups excluding carboxylic acids is 1. The van der Waals surface area contributed by atoms with Crippen molar-refractivity contribution in [3.8, 4) is 0 Å². The summed E-state index contributed by atoms with van der Waals surface area (Å²) in [4.78, 5) is 22.1. The van der Waals surface area contributed by atoms with Gasteiger partial charge in [-0.15, -0.1) is 0 Å². The van der Waals surface area contributed by atoms with Crippen molar-refractivity contribution in [2.45, 2.75) is 19.2 Å². The molecule has 2 rings (SSSR count). The second-order valence-electron chi connectivity index (χ2n) is 5.89. The van der Waals surface area contributed by atoms with Gasteiger partial charge in [-0.1, -0.05) is 46.7 Å². The lowest BCUT2D eigenvalue weighted by atomic mass is 10.0. The van der Waals surface area contributed by atoms with E-state index in [0.717, 1.165) is 12.1 Å². The van der Waals surface area contributed by atoms with E-state index in [9.17, 15) is 18.0 Å². The summed E-state index contributed by atoms with van der Waals surface area (Å²) >= 11 is 0. The van der Waals surface area contributed by atoms with Crippen LogP contribution in [-0.2, 0) is 20.6 Å². The van der Waals surface area contributed by atoms with E-state index in [0.29, 0.717) is 16.7 Å². The smallest absolute Gasteiger partial charge is 0.398 e. The van der Waals surface area contributed by atoms with Crippen LogP contribution in [0, 0.1) is 0 Å². The maximum absolute atomic E-state index is 12.9. The molecular weight excluding hydrogens is 387 g/mol. The highest BCUT2D eigenvalue weighted by atomic mass is 19.4. The Hall–Kier alpha value is -3.36. The molecule has 0 aliphatic carbocycles. The van der Waals surface area contributed by atoms with Crippen molar-refractivity contribution in [3.05, 3.63) is 70.8 Å². The Morgan fingerprint density at radius 1 is 1.17 bits per heavy atom. The molecule has 2 aromatic carbocycles. The van der Waals surface area contributed by atoms with Gasteiger partial charge in [0, 0.05) is 18.2 Å². The van der Waals surface area contributed by atoms with Gasteiger partial charge in [0.2, 0.25) is 0 Å². The van der Waals surface area contributed by atoms with Crippen LogP contribution in [-0.4, -0.2) is 32.0 Å². The second kappa shape index (κ2) is 9.72. The summed E-state index contributed by atoms with van der Waals surface area (Å²) in [6.07, 6.45) is -3.80. The van der Waals surface area contributed by atoms with Crippen molar-refractivity contribution in [1.29, 1.82) is 0 Å². The average molecular weight is 407 g/mol. The Labute approximate surface area is 166 Å². The number of nitrogens with one attached hydrogen (secondary N) is 1. The van der Waals surface area contributed by atoms with Crippen molar-refractivity contribution < 1.29 is 27.6 Å². The maximum Gasteiger partial charge on any atom is 0.416 e. The van der Waals surface area contributed by atoms with Crippen molar-refractivity contribution in [2.24, 2.45) is 10.3 Å². The molecule has 1 N–H and O–H groups in total. The van der Waals surface area contributed by atoms with Crippen LogP contribution in [0.25, 0.3) is 0 Å². The lowest BCUT2D eigenvalue weighted by molar-refractivity contribution is -0.137. The van der Waals surface area contributed by atoms with E-state index in [1.54, 1.807) is 31.2 Å². The quantitative estimate of drug-likeness (QED) is 0.559. The third-order valence-corrected chi connectivity index (χ3v) is 3.93. The molecule has 29 heavy (non-hydrogen) atoms. The van der Waals surface area contributed by atoms with Crippen LogP contribution >= 0.6 is 0 Å². The third-order valence-electron chi connectivity index (χ3n) is 3.93. The molecule has 0 saturated carbocycles. The summed E-state index contributed by atoms with van der Waals surface area (Å²) in [5, 5.41) is 10.1. The van der Waals surface area contributed by atoms with Crippen LogP contribution in [0.3, 0.4) is 0 Å². The number of alkyl halides is 3. The van der Waals surface area contributed by atoms with Gasteiger partial charge in [-0.25, -0.2) is 0 Å². The van der Waals surface area contributed by atoms with Crippen LogP contribution in [0.4, 0.5) is 13.2 Å². The Bertz CT molecular complexity index is 911. The average Bonchev–Trinajstić information content (AvgIpc) is 2.71. The van der Waals surface area contributed by atoms with Gasteiger partial charge in [0.1, 0.15) is 13.2 Å². The molecule has 0 aliphatic heterocycles. The number of rotatable bonds is 7. The normalized spacial score (nSPS) is 13.2. The van der Waals surface area contributed by atoms with Crippen molar-refractivity contribution in [3.63, 3.8) is 0 Å². The standard InChI is InChI=1S/C20H20F3N3O3/c1-13(14-8-6-9-16(11-14)20(21,22)23)29-25-12-15-7-4-5-10-17(15)18(26-28-3)19(27)24-2/h4-13H,1-3H3,(H,24,27)/b25-12+,26-18-. The number of hydrogen-bond donors (Lipinski definition) is 1. The zero-order valence-corrected chi connectivity index (χ0v) is 16.0. The van der Waals surface area contributed by atoms with E-state index in [2.05, 4.69) is 15.6 Å². The fourth-order valence-electron chi connectivity index (χ4n) is 2.46. The Kier molecular flexibility index (Phi) is 7.35.